The Bertz CT molecular complexity index is 892. The van der Waals surface area contributed by atoms with Crippen LogP contribution in [-0.2, 0) is 0 Å². The van der Waals surface area contributed by atoms with Crippen LogP contribution in [0.15, 0.2) is 67.0 Å². The third-order valence-corrected chi connectivity index (χ3v) is 3.46. The highest BCUT2D eigenvalue weighted by atomic mass is 16.2. The largest absolute Gasteiger partial charge is 0.321 e. The highest BCUT2D eigenvalue weighted by Crippen LogP contribution is 2.18. The van der Waals surface area contributed by atoms with Gasteiger partial charge in [0.2, 0.25) is 0 Å². The second-order valence-electron chi connectivity index (χ2n) is 5.25. The lowest BCUT2D eigenvalue weighted by Crippen LogP contribution is -2.14. The molecule has 1 aromatic heterocycles. The summed E-state index contributed by atoms with van der Waals surface area (Å²) in [5.41, 5.74) is 2.77. The van der Waals surface area contributed by atoms with Crippen molar-refractivity contribution in [1.82, 2.24) is 9.97 Å². The summed E-state index contributed by atoms with van der Waals surface area (Å²) in [4.78, 5) is 32.3. The van der Waals surface area contributed by atoms with Gasteiger partial charge >= 0.3 is 0 Å². The molecule has 0 saturated carbocycles. The van der Waals surface area contributed by atoms with Crippen molar-refractivity contribution < 1.29 is 9.59 Å². The number of aromatic nitrogens is 2. The number of carbonyl (C=O) groups is 2. The van der Waals surface area contributed by atoms with Gasteiger partial charge < -0.3 is 5.32 Å². The van der Waals surface area contributed by atoms with Crippen LogP contribution >= 0.6 is 0 Å². The van der Waals surface area contributed by atoms with Crippen molar-refractivity contribution in [3.63, 3.8) is 0 Å². The maximum absolute atomic E-state index is 12.3. The minimum atomic E-state index is -0.335. The van der Waals surface area contributed by atoms with Crippen LogP contribution in [0.1, 0.15) is 27.8 Å². The number of hydrogen-bond acceptors (Lipinski definition) is 4. The Morgan fingerprint density at radius 2 is 1.75 bits per heavy atom. The van der Waals surface area contributed by atoms with Crippen molar-refractivity contribution >= 4 is 17.4 Å². The molecule has 24 heavy (non-hydrogen) atoms. The normalized spacial score (nSPS) is 10.2. The summed E-state index contributed by atoms with van der Waals surface area (Å²) >= 11 is 0. The van der Waals surface area contributed by atoms with Crippen LogP contribution in [0.2, 0.25) is 0 Å². The van der Waals surface area contributed by atoms with E-state index in [1.54, 1.807) is 36.5 Å². The third kappa shape index (κ3) is 3.52. The molecule has 118 valence electrons. The standard InChI is InChI=1S/C19H15N3O2/c1-13(23)14-6-5-7-15(10-14)17-11-20-12-18(22-17)19(24)21-16-8-3-2-4-9-16/h2-12H,1H3,(H,21,24). The zero-order valence-electron chi connectivity index (χ0n) is 13.1. The Kier molecular flexibility index (Phi) is 4.43. The van der Waals surface area contributed by atoms with Crippen molar-refractivity contribution in [2.45, 2.75) is 6.92 Å². The summed E-state index contributed by atoms with van der Waals surface area (Å²) in [6.45, 7) is 1.51. The molecule has 0 aliphatic rings. The van der Waals surface area contributed by atoms with Crippen LogP contribution in [0.5, 0.6) is 0 Å². The molecule has 0 bridgehead atoms. The number of benzene rings is 2. The fourth-order valence-electron chi connectivity index (χ4n) is 2.23. The lowest BCUT2D eigenvalue weighted by Gasteiger charge is -2.06. The monoisotopic (exact) mass is 317 g/mol. The molecule has 1 amide bonds. The molecule has 0 unspecified atom stereocenters. The van der Waals surface area contributed by atoms with Crippen molar-refractivity contribution in [3.8, 4) is 11.3 Å². The Labute approximate surface area is 139 Å². The van der Waals surface area contributed by atoms with E-state index in [2.05, 4.69) is 15.3 Å². The van der Waals surface area contributed by atoms with Crippen molar-refractivity contribution in [2.75, 3.05) is 5.32 Å². The topological polar surface area (TPSA) is 72.0 Å². The number of anilines is 1. The predicted octanol–water partition coefficient (Wildman–Crippen LogP) is 3.60. The van der Waals surface area contributed by atoms with Gasteiger partial charge in [-0.05, 0) is 25.1 Å². The van der Waals surface area contributed by atoms with Crippen LogP contribution in [0.25, 0.3) is 11.3 Å². The number of nitrogens with one attached hydrogen (secondary N) is 1. The number of carbonyl (C=O) groups excluding carboxylic acids is 2. The third-order valence-electron chi connectivity index (χ3n) is 3.46. The Morgan fingerprint density at radius 1 is 0.958 bits per heavy atom. The minimum absolute atomic E-state index is 0.0252. The van der Waals surface area contributed by atoms with Gasteiger partial charge in [-0.15, -0.1) is 0 Å². The molecule has 0 atom stereocenters. The Morgan fingerprint density at radius 3 is 2.50 bits per heavy atom. The summed E-state index contributed by atoms with van der Waals surface area (Å²) in [5, 5.41) is 2.77. The van der Waals surface area contributed by atoms with Crippen molar-refractivity contribution in [1.29, 1.82) is 0 Å². The van der Waals surface area contributed by atoms with E-state index in [0.717, 1.165) is 5.56 Å². The molecule has 0 radical (unpaired) electrons. The fraction of sp³-hybridized carbons (Fsp3) is 0.0526. The predicted molar refractivity (Wildman–Crippen MR) is 91.9 cm³/mol. The van der Waals surface area contributed by atoms with Crippen LogP contribution in [-0.4, -0.2) is 21.7 Å². The maximum atomic E-state index is 12.3. The van der Waals surface area contributed by atoms with Gasteiger partial charge in [-0.2, -0.15) is 0 Å². The van der Waals surface area contributed by atoms with Crippen LogP contribution in [0, 0.1) is 0 Å². The molecule has 0 fully saturated rings. The van der Waals surface area contributed by atoms with Crippen molar-refractivity contribution in [2.24, 2.45) is 0 Å². The number of amides is 1. The number of hydrogen-bond donors (Lipinski definition) is 1. The Balaban J connectivity index is 1.88. The molecule has 0 aliphatic carbocycles. The van der Waals surface area contributed by atoms with E-state index >= 15 is 0 Å². The van der Waals surface area contributed by atoms with E-state index in [1.807, 2.05) is 24.3 Å². The zero-order chi connectivity index (χ0) is 16.9. The summed E-state index contributed by atoms with van der Waals surface area (Å²) in [5.74, 6) is -0.360. The zero-order valence-corrected chi connectivity index (χ0v) is 13.1. The lowest BCUT2D eigenvalue weighted by atomic mass is 10.1. The van der Waals surface area contributed by atoms with Gasteiger partial charge in [0.1, 0.15) is 5.69 Å². The van der Waals surface area contributed by atoms with Gasteiger partial charge in [-0.1, -0.05) is 36.4 Å². The first kappa shape index (κ1) is 15.6. The van der Waals surface area contributed by atoms with E-state index in [-0.39, 0.29) is 17.4 Å². The molecule has 5 heteroatoms. The van der Waals surface area contributed by atoms with Gasteiger partial charge in [0.05, 0.1) is 18.1 Å². The first-order chi connectivity index (χ1) is 11.6. The molecule has 0 aliphatic heterocycles. The molecular weight excluding hydrogens is 302 g/mol. The van der Waals surface area contributed by atoms with E-state index in [1.165, 1.54) is 13.1 Å². The quantitative estimate of drug-likeness (QED) is 0.746. The number of ketones is 1. The summed E-state index contributed by atoms with van der Waals surface area (Å²) in [7, 11) is 0. The summed E-state index contributed by atoms with van der Waals surface area (Å²) in [6, 6.07) is 16.2. The van der Waals surface area contributed by atoms with E-state index in [9.17, 15) is 9.59 Å². The molecule has 0 saturated heterocycles. The average molecular weight is 317 g/mol. The number of nitrogens with zero attached hydrogens (tertiary/aromatic N) is 2. The summed E-state index contributed by atoms with van der Waals surface area (Å²) in [6.07, 6.45) is 2.98. The van der Waals surface area contributed by atoms with E-state index in [0.29, 0.717) is 16.9 Å². The van der Waals surface area contributed by atoms with Crippen LogP contribution in [0.4, 0.5) is 5.69 Å². The molecule has 1 N–H and O–H groups in total. The van der Waals surface area contributed by atoms with E-state index < -0.39 is 0 Å². The van der Waals surface area contributed by atoms with Gasteiger partial charge in [0.15, 0.2) is 5.78 Å². The average Bonchev–Trinajstić information content (AvgIpc) is 2.63. The van der Waals surface area contributed by atoms with Crippen LogP contribution in [0.3, 0.4) is 0 Å². The highest BCUT2D eigenvalue weighted by molar-refractivity contribution is 6.03. The van der Waals surface area contributed by atoms with E-state index in [4.69, 9.17) is 0 Å². The van der Waals surface area contributed by atoms with Gasteiger partial charge in [0, 0.05) is 16.8 Å². The van der Waals surface area contributed by atoms with Gasteiger partial charge in [-0.3, -0.25) is 14.6 Å². The second kappa shape index (κ2) is 6.83. The number of para-hydroxylation sites is 1. The lowest BCUT2D eigenvalue weighted by molar-refractivity contribution is 0.101. The van der Waals surface area contributed by atoms with Crippen LogP contribution < -0.4 is 5.32 Å². The minimum Gasteiger partial charge on any atom is -0.321 e. The molecule has 0 spiro atoms. The first-order valence-electron chi connectivity index (χ1n) is 7.43. The van der Waals surface area contributed by atoms with Gasteiger partial charge in [0.25, 0.3) is 5.91 Å². The molecule has 2 aromatic carbocycles. The summed E-state index contributed by atoms with van der Waals surface area (Å²) < 4.78 is 0. The SMILES string of the molecule is CC(=O)c1cccc(-c2cncc(C(=O)Nc3ccccc3)n2)c1. The highest BCUT2D eigenvalue weighted by Gasteiger charge is 2.11. The smallest absolute Gasteiger partial charge is 0.275 e. The molecule has 5 nitrogen and oxygen atoms in total. The fourth-order valence-corrected chi connectivity index (χ4v) is 2.23. The van der Waals surface area contributed by atoms with Crippen molar-refractivity contribution in [3.05, 3.63) is 78.2 Å². The molecule has 3 rings (SSSR count). The van der Waals surface area contributed by atoms with Gasteiger partial charge in [-0.25, -0.2) is 4.98 Å². The second-order valence-corrected chi connectivity index (χ2v) is 5.25. The number of rotatable bonds is 4. The molecule has 1 heterocycles. The molecular formula is C19H15N3O2. The number of Topliss-reactive ketones (excluding diaryl/α,β-unsaturated/α-hetero) is 1. The Hall–Kier alpha value is -3.34. The molecule has 3 aromatic rings. The first-order valence-corrected chi connectivity index (χ1v) is 7.43. The maximum Gasteiger partial charge on any atom is 0.275 e.